The van der Waals surface area contributed by atoms with E-state index in [1.54, 1.807) is 19.1 Å². The summed E-state index contributed by atoms with van der Waals surface area (Å²) in [5.41, 5.74) is -0.348. The van der Waals surface area contributed by atoms with Crippen LogP contribution in [0.1, 0.15) is 18.1 Å². The fraction of sp³-hybridized carbons (Fsp3) is 0.364. The van der Waals surface area contributed by atoms with Gasteiger partial charge in [-0.25, -0.2) is 0 Å². The number of para-hydroxylation sites is 1. The van der Waals surface area contributed by atoms with Crippen molar-refractivity contribution >= 4 is 11.9 Å². The molecule has 0 atom stereocenters. The van der Waals surface area contributed by atoms with Crippen LogP contribution in [0.4, 0.5) is 13.2 Å². The summed E-state index contributed by atoms with van der Waals surface area (Å²) in [4.78, 5) is 25.5. The summed E-state index contributed by atoms with van der Waals surface area (Å²) < 4.78 is 53.8. The van der Waals surface area contributed by atoms with Crippen molar-refractivity contribution in [1.82, 2.24) is 4.90 Å². The highest BCUT2D eigenvalue weighted by Crippen LogP contribution is 2.29. The molecule has 2 aromatic rings. The van der Waals surface area contributed by atoms with Crippen LogP contribution in [0.25, 0.3) is 0 Å². The maximum atomic E-state index is 12.7. The number of carbonyl (C=O) groups excluding carboxylic acids is 2. The molecule has 0 radical (unpaired) electrons. The Labute approximate surface area is 178 Å². The first-order valence-electron chi connectivity index (χ1n) is 9.64. The Hall–Kier alpha value is -3.07. The predicted octanol–water partition coefficient (Wildman–Crippen LogP) is 3.69. The third kappa shape index (κ3) is 8.67. The Morgan fingerprint density at radius 1 is 0.968 bits per heavy atom. The van der Waals surface area contributed by atoms with E-state index < -0.39 is 23.6 Å². The van der Waals surface area contributed by atoms with Gasteiger partial charge in [-0.2, -0.15) is 13.2 Å². The SMILES string of the molecule is CCOC(=O)CN(Cc1ccc(C(F)(F)F)cc1)C(=O)COCCOc1ccccc1. The smallest absolute Gasteiger partial charge is 0.416 e. The number of amides is 1. The lowest BCUT2D eigenvalue weighted by atomic mass is 10.1. The van der Waals surface area contributed by atoms with Gasteiger partial charge in [-0.3, -0.25) is 9.59 Å². The number of rotatable bonds is 11. The number of hydrogen-bond donors (Lipinski definition) is 0. The minimum Gasteiger partial charge on any atom is -0.491 e. The van der Waals surface area contributed by atoms with Gasteiger partial charge in [-0.1, -0.05) is 30.3 Å². The van der Waals surface area contributed by atoms with Gasteiger partial charge in [0.1, 0.15) is 25.5 Å². The zero-order valence-electron chi connectivity index (χ0n) is 17.1. The lowest BCUT2D eigenvalue weighted by Gasteiger charge is -2.22. The number of ether oxygens (including phenoxy) is 3. The molecule has 0 aliphatic carbocycles. The molecule has 0 saturated heterocycles. The van der Waals surface area contributed by atoms with Crippen LogP contribution in [-0.2, 0) is 31.8 Å². The highest BCUT2D eigenvalue weighted by Gasteiger charge is 2.30. The van der Waals surface area contributed by atoms with Crippen LogP contribution in [0.15, 0.2) is 54.6 Å². The molecule has 6 nitrogen and oxygen atoms in total. The van der Waals surface area contributed by atoms with Gasteiger partial charge in [-0.05, 0) is 36.8 Å². The maximum absolute atomic E-state index is 12.7. The van der Waals surface area contributed by atoms with Crippen LogP contribution in [-0.4, -0.2) is 49.7 Å². The van der Waals surface area contributed by atoms with E-state index in [4.69, 9.17) is 14.2 Å². The van der Waals surface area contributed by atoms with Gasteiger partial charge < -0.3 is 19.1 Å². The molecule has 1 amide bonds. The number of halogens is 3. The lowest BCUT2D eigenvalue weighted by Crippen LogP contribution is -2.38. The van der Waals surface area contributed by atoms with E-state index in [2.05, 4.69) is 0 Å². The molecule has 0 spiro atoms. The van der Waals surface area contributed by atoms with E-state index in [9.17, 15) is 22.8 Å². The monoisotopic (exact) mass is 439 g/mol. The minimum atomic E-state index is -4.45. The Balaban J connectivity index is 1.90. The van der Waals surface area contributed by atoms with Gasteiger partial charge in [-0.15, -0.1) is 0 Å². The molecule has 0 N–H and O–H groups in total. The van der Waals surface area contributed by atoms with Crippen LogP contribution in [0.3, 0.4) is 0 Å². The van der Waals surface area contributed by atoms with Crippen molar-refractivity contribution in [3.05, 3.63) is 65.7 Å². The molecule has 2 rings (SSSR count). The fourth-order valence-corrected chi connectivity index (χ4v) is 2.60. The summed E-state index contributed by atoms with van der Waals surface area (Å²) in [6.07, 6.45) is -4.45. The number of benzene rings is 2. The van der Waals surface area contributed by atoms with Crippen LogP contribution in [0, 0.1) is 0 Å². The van der Waals surface area contributed by atoms with E-state index >= 15 is 0 Å². The van der Waals surface area contributed by atoms with E-state index in [0.29, 0.717) is 11.3 Å². The van der Waals surface area contributed by atoms with Gasteiger partial charge in [0.15, 0.2) is 0 Å². The Kier molecular flexibility index (Phi) is 9.33. The molecule has 168 valence electrons. The molecule has 0 aliphatic rings. The molecule has 31 heavy (non-hydrogen) atoms. The summed E-state index contributed by atoms with van der Waals surface area (Å²) in [5, 5.41) is 0. The van der Waals surface area contributed by atoms with Crippen molar-refractivity contribution in [2.45, 2.75) is 19.6 Å². The number of hydrogen-bond acceptors (Lipinski definition) is 5. The van der Waals surface area contributed by atoms with Gasteiger partial charge in [0.25, 0.3) is 0 Å². The van der Waals surface area contributed by atoms with E-state index in [1.165, 1.54) is 17.0 Å². The molecule has 0 aromatic heterocycles. The van der Waals surface area contributed by atoms with Crippen LogP contribution >= 0.6 is 0 Å². The highest BCUT2D eigenvalue weighted by atomic mass is 19.4. The topological polar surface area (TPSA) is 65.1 Å². The standard InChI is InChI=1S/C22H24F3NO5/c1-2-30-21(28)15-26(14-17-8-10-18(11-9-17)22(23,24)25)20(27)16-29-12-13-31-19-6-4-3-5-7-19/h3-11H,2,12-16H2,1H3. The summed E-state index contributed by atoms with van der Waals surface area (Å²) in [6, 6.07) is 13.5. The van der Waals surface area contributed by atoms with E-state index in [-0.39, 0.29) is 39.5 Å². The molecule has 0 aliphatic heterocycles. The van der Waals surface area contributed by atoms with Crippen molar-refractivity contribution < 1.29 is 37.0 Å². The summed E-state index contributed by atoms with van der Waals surface area (Å²) >= 11 is 0. The third-order valence-corrected chi connectivity index (χ3v) is 4.10. The van der Waals surface area contributed by atoms with Crippen molar-refractivity contribution in [3.63, 3.8) is 0 Å². The molecule has 0 fully saturated rings. The molecule has 0 saturated carbocycles. The largest absolute Gasteiger partial charge is 0.491 e. The molecule has 0 unspecified atom stereocenters. The van der Waals surface area contributed by atoms with Gasteiger partial charge >= 0.3 is 12.1 Å². The lowest BCUT2D eigenvalue weighted by molar-refractivity contribution is -0.151. The average Bonchev–Trinajstić information content (AvgIpc) is 2.73. The normalized spacial score (nSPS) is 11.1. The summed E-state index contributed by atoms with van der Waals surface area (Å²) in [7, 11) is 0. The first-order chi connectivity index (χ1) is 14.8. The Bertz CT molecular complexity index is 825. The van der Waals surface area contributed by atoms with Crippen LogP contribution in [0.2, 0.25) is 0 Å². The first-order valence-corrected chi connectivity index (χ1v) is 9.64. The van der Waals surface area contributed by atoms with Gasteiger partial charge in [0.05, 0.1) is 18.8 Å². The second-order valence-corrected chi connectivity index (χ2v) is 6.46. The summed E-state index contributed by atoms with van der Waals surface area (Å²) in [6.45, 7) is 1.46. The minimum absolute atomic E-state index is 0.0559. The maximum Gasteiger partial charge on any atom is 0.416 e. The first kappa shape index (κ1) is 24.2. The predicted molar refractivity (Wildman–Crippen MR) is 106 cm³/mol. The fourth-order valence-electron chi connectivity index (χ4n) is 2.60. The van der Waals surface area contributed by atoms with Crippen molar-refractivity contribution in [1.29, 1.82) is 0 Å². The third-order valence-electron chi connectivity index (χ3n) is 4.10. The quantitative estimate of drug-likeness (QED) is 0.395. The van der Waals surface area contributed by atoms with E-state index in [0.717, 1.165) is 12.1 Å². The molecular weight excluding hydrogens is 415 g/mol. The van der Waals surface area contributed by atoms with Crippen molar-refractivity contribution in [2.75, 3.05) is 33.0 Å². The molecular formula is C22H24F3NO5. The molecule has 9 heteroatoms. The Morgan fingerprint density at radius 2 is 1.65 bits per heavy atom. The number of esters is 1. The molecule has 0 bridgehead atoms. The number of carbonyl (C=O) groups is 2. The second-order valence-electron chi connectivity index (χ2n) is 6.46. The Morgan fingerprint density at radius 3 is 2.26 bits per heavy atom. The number of alkyl halides is 3. The highest BCUT2D eigenvalue weighted by molar-refractivity contribution is 5.82. The van der Waals surface area contributed by atoms with Crippen LogP contribution < -0.4 is 4.74 Å². The number of nitrogens with zero attached hydrogens (tertiary/aromatic N) is 1. The summed E-state index contributed by atoms with van der Waals surface area (Å²) in [5.74, 6) is -0.438. The van der Waals surface area contributed by atoms with Crippen LogP contribution in [0.5, 0.6) is 5.75 Å². The zero-order chi connectivity index (χ0) is 22.7. The van der Waals surface area contributed by atoms with Crippen molar-refractivity contribution in [3.8, 4) is 5.75 Å². The average molecular weight is 439 g/mol. The van der Waals surface area contributed by atoms with Crippen molar-refractivity contribution in [2.24, 2.45) is 0 Å². The zero-order valence-corrected chi connectivity index (χ0v) is 17.1. The molecule has 0 heterocycles. The second kappa shape index (κ2) is 11.9. The van der Waals surface area contributed by atoms with Gasteiger partial charge in [0, 0.05) is 6.54 Å². The van der Waals surface area contributed by atoms with Gasteiger partial charge in [0.2, 0.25) is 5.91 Å². The van der Waals surface area contributed by atoms with E-state index in [1.807, 2.05) is 18.2 Å². The molecule has 2 aromatic carbocycles.